The average Bonchev–Trinajstić information content (AvgIpc) is 2.87. The zero-order valence-corrected chi connectivity index (χ0v) is 13.0. The zero-order chi connectivity index (χ0) is 15.3. The lowest BCUT2D eigenvalue weighted by Gasteiger charge is -2.24. The fourth-order valence-corrected chi connectivity index (χ4v) is 2.32. The van der Waals surface area contributed by atoms with Gasteiger partial charge in [-0.25, -0.2) is 14.8 Å². The van der Waals surface area contributed by atoms with Gasteiger partial charge in [-0.1, -0.05) is 0 Å². The number of amides is 1. The van der Waals surface area contributed by atoms with Crippen LogP contribution in [0.25, 0.3) is 0 Å². The van der Waals surface area contributed by atoms with E-state index in [1.807, 2.05) is 26.8 Å². The van der Waals surface area contributed by atoms with E-state index in [1.165, 1.54) is 0 Å². The fraction of sp³-hybridized carbons (Fsp3) is 0.667. The van der Waals surface area contributed by atoms with Crippen molar-refractivity contribution < 1.29 is 9.53 Å². The molecule has 0 saturated carbocycles. The number of carbonyl (C=O) groups excluding carboxylic acids is 1. The second-order valence-corrected chi connectivity index (χ2v) is 6.41. The number of hydrogen-bond acceptors (Lipinski definition) is 5. The molecule has 1 aromatic heterocycles. The molecule has 2 rings (SSSR count). The molecule has 1 aliphatic rings. The molecule has 1 aromatic rings. The summed E-state index contributed by atoms with van der Waals surface area (Å²) in [5.74, 6) is 0.472. The van der Waals surface area contributed by atoms with Crippen LogP contribution in [0.15, 0.2) is 18.6 Å². The monoisotopic (exact) mass is 292 g/mol. The molecule has 1 saturated heterocycles. The van der Waals surface area contributed by atoms with E-state index in [4.69, 9.17) is 4.74 Å². The number of hydrogen-bond donors (Lipinski definition) is 1. The first-order chi connectivity index (χ1) is 9.94. The summed E-state index contributed by atoms with van der Waals surface area (Å²) in [5.41, 5.74) is 0.549. The molecule has 1 aliphatic heterocycles. The summed E-state index contributed by atoms with van der Waals surface area (Å²) < 4.78 is 5.39. The van der Waals surface area contributed by atoms with E-state index in [9.17, 15) is 4.79 Å². The Morgan fingerprint density at radius 2 is 2.33 bits per heavy atom. The largest absolute Gasteiger partial charge is 0.444 e. The summed E-state index contributed by atoms with van der Waals surface area (Å²) in [6.07, 6.45) is 4.09. The van der Waals surface area contributed by atoms with Gasteiger partial charge in [-0.15, -0.1) is 0 Å². The van der Waals surface area contributed by atoms with E-state index >= 15 is 0 Å². The van der Waals surface area contributed by atoms with Crippen molar-refractivity contribution in [2.24, 2.45) is 5.92 Å². The minimum atomic E-state index is -0.430. The van der Waals surface area contributed by atoms with E-state index in [0.717, 1.165) is 38.3 Å². The molecular formula is C15H24N4O2. The topological polar surface area (TPSA) is 67.3 Å². The maximum Gasteiger partial charge on any atom is 0.410 e. The SMILES string of the molecule is CC(C)(C)OC(=O)N1CCC(CNCc2ccncn2)C1. The molecule has 2 heterocycles. The van der Waals surface area contributed by atoms with Gasteiger partial charge in [0.05, 0.1) is 5.69 Å². The molecule has 0 spiro atoms. The number of likely N-dealkylation sites (tertiary alicyclic amines) is 1. The maximum absolute atomic E-state index is 12.0. The van der Waals surface area contributed by atoms with Crippen molar-refractivity contribution in [2.45, 2.75) is 39.3 Å². The second kappa shape index (κ2) is 6.85. The van der Waals surface area contributed by atoms with E-state index in [1.54, 1.807) is 17.4 Å². The lowest BCUT2D eigenvalue weighted by Crippen LogP contribution is -2.36. The average molecular weight is 292 g/mol. The van der Waals surface area contributed by atoms with Crippen molar-refractivity contribution in [2.75, 3.05) is 19.6 Å². The molecular weight excluding hydrogens is 268 g/mol. The molecule has 21 heavy (non-hydrogen) atoms. The van der Waals surface area contributed by atoms with Crippen LogP contribution in [0.3, 0.4) is 0 Å². The van der Waals surface area contributed by atoms with Gasteiger partial charge in [0, 0.05) is 32.4 Å². The standard InChI is InChI=1S/C15H24N4O2/c1-15(2,3)21-14(20)19-7-5-12(10-19)8-17-9-13-4-6-16-11-18-13/h4,6,11-12,17H,5,7-10H2,1-3H3. The normalized spacial score (nSPS) is 18.8. The van der Waals surface area contributed by atoms with Gasteiger partial charge in [0.2, 0.25) is 0 Å². The Hall–Kier alpha value is -1.69. The van der Waals surface area contributed by atoms with E-state index < -0.39 is 5.60 Å². The number of nitrogens with one attached hydrogen (secondary N) is 1. The molecule has 116 valence electrons. The number of nitrogens with zero attached hydrogens (tertiary/aromatic N) is 3. The molecule has 1 fully saturated rings. The maximum atomic E-state index is 12.0. The highest BCUT2D eigenvalue weighted by Gasteiger charge is 2.29. The summed E-state index contributed by atoms with van der Waals surface area (Å²) in [5, 5.41) is 3.38. The van der Waals surface area contributed by atoms with E-state index in [2.05, 4.69) is 15.3 Å². The predicted molar refractivity (Wildman–Crippen MR) is 79.7 cm³/mol. The quantitative estimate of drug-likeness (QED) is 0.917. The molecule has 0 aromatic carbocycles. The Labute approximate surface area is 125 Å². The van der Waals surface area contributed by atoms with Crippen LogP contribution >= 0.6 is 0 Å². The first kappa shape index (κ1) is 15.7. The van der Waals surface area contributed by atoms with Gasteiger partial charge in [-0.2, -0.15) is 0 Å². The van der Waals surface area contributed by atoms with Gasteiger partial charge < -0.3 is 15.0 Å². The van der Waals surface area contributed by atoms with Crippen LogP contribution in [0.2, 0.25) is 0 Å². The van der Waals surface area contributed by atoms with E-state index in [0.29, 0.717) is 5.92 Å². The highest BCUT2D eigenvalue weighted by Crippen LogP contribution is 2.18. The summed E-state index contributed by atoms with van der Waals surface area (Å²) in [6.45, 7) is 8.81. The number of aromatic nitrogens is 2. The molecule has 0 bridgehead atoms. The Morgan fingerprint density at radius 3 is 3.00 bits per heavy atom. The van der Waals surface area contributed by atoms with Gasteiger partial charge in [0.15, 0.2) is 0 Å². The van der Waals surface area contributed by atoms with Gasteiger partial charge in [0.1, 0.15) is 11.9 Å². The molecule has 1 unspecified atom stereocenters. The lowest BCUT2D eigenvalue weighted by atomic mass is 10.1. The number of carbonyl (C=O) groups is 1. The Bertz CT molecular complexity index is 458. The van der Waals surface area contributed by atoms with Gasteiger partial charge in [-0.3, -0.25) is 0 Å². The Morgan fingerprint density at radius 1 is 1.52 bits per heavy atom. The van der Waals surface area contributed by atoms with Crippen molar-refractivity contribution in [3.8, 4) is 0 Å². The number of ether oxygens (including phenoxy) is 1. The van der Waals surface area contributed by atoms with Crippen LogP contribution in [0.1, 0.15) is 32.9 Å². The first-order valence-corrected chi connectivity index (χ1v) is 7.37. The minimum Gasteiger partial charge on any atom is -0.444 e. The van der Waals surface area contributed by atoms with Crippen LogP contribution in [-0.4, -0.2) is 46.2 Å². The Balaban J connectivity index is 1.69. The highest BCUT2D eigenvalue weighted by atomic mass is 16.6. The minimum absolute atomic E-state index is 0.208. The molecule has 1 atom stereocenters. The van der Waals surface area contributed by atoms with Crippen LogP contribution in [-0.2, 0) is 11.3 Å². The highest BCUT2D eigenvalue weighted by molar-refractivity contribution is 5.68. The zero-order valence-electron chi connectivity index (χ0n) is 13.0. The summed E-state index contributed by atoms with van der Waals surface area (Å²) >= 11 is 0. The molecule has 1 N–H and O–H groups in total. The lowest BCUT2D eigenvalue weighted by molar-refractivity contribution is 0.0288. The predicted octanol–water partition coefficient (Wildman–Crippen LogP) is 1.82. The molecule has 6 heteroatoms. The summed E-state index contributed by atoms with van der Waals surface area (Å²) in [7, 11) is 0. The van der Waals surface area contributed by atoms with Gasteiger partial charge in [0.25, 0.3) is 0 Å². The molecule has 0 aliphatic carbocycles. The summed E-state index contributed by atoms with van der Waals surface area (Å²) in [4.78, 5) is 21.8. The molecule has 6 nitrogen and oxygen atoms in total. The van der Waals surface area contributed by atoms with Crippen molar-refractivity contribution in [1.29, 1.82) is 0 Å². The van der Waals surface area contributed by atoms with Crippen molar-refractivity contribution in [3.05, 3.63) is 24.3 Å². The van der Waals surface area contributed by atoms with Crippen molar-refractivity contribution in [1.82, 2.24) is 20.2 Å². The van der Waals surface area contributed by atoms with Crippen molar-refractivity contribution in [3.63, 3.8) is 0 Å². The van der Waals surface area contributed by atoms with Crippen LogP contribution < -0.4 is 5.32 Å². The van der Waals surface area contributed by atoms with Gasteiger partial charge >= 0.3 is 6.09 Å². The van der Waals surface area contributed by atoms with Crippen LogP contribution in [0.5, 0.6) is 0 Å². The van der Waals surface area contributed by atoms with E-state index in [-0.39, 0.29) is 6.09 Å². The molecule has 1 amide bonds. The fourth-order valence-electron chi connectivity index (χ4n) is 2.32. The smallest absolute Gasteiger partial charge is 0.410 e. The summed E-state index contributed by atoms with van der Waals surface area (Å²) in [6, 6.07) is 1.90. The van der Waals surface area contributed by atoms with Gasteiger partial charge in [-0.05, 0) is 39.2 Å². The second-order valence-electron chi connectivity index (χ2n) is 6.41. The third-order valence-corrected chi connectivity index (χ3v) is 3.32. The molecule has 0 radical (unpaired) electrons. The van der Waals surface area contributed by atoms with Crippen LogP contribution in [0.4, 0.5) is 4.79 Å². The third-order valence-electron chi connectivity index (χ3n) is 3.32. The number of rotatable bonds is 4. The Kier molecular flexibility index (Phi) is 5.12. The third kappa shape index (κ3) is 5.30. The first-order valence-electron chi connectivity index (χ1n) is 7.37. The van der Waals surface area contributed by atoms with Crippen molar-refractivity contribution >= 4 is 6.09 Å². The van der Waals surface area contributed by atoms with Crippen LogP contribution in [0, 0.1) is 5.92 Å².